The summed E-state index contributed by atoms with van der Waals surface area (Å²) < 4.78 is 5.23. The van der Waals surface area contributed by atoms with Gasteiger partial charge in [0.25, 0.3) is 5.91 Å². The molecule has 7 nitrogen and oxygen atoms in total. The summed E-state index contributed by atoms with van der Waals surface area (Å²) in [4.78, 5) is 33.2. The minimum atomic E-state index is -0.0775. The highest BCUT2D eigenvalue weighted by atomic mass is 16.3. The van der Waals surface area contributed by atoms with Crippen LogP contribution in [0.5, 0.6) is 0 Å². The van der Waals surface area contributed by atoms with Gasteiger partial charge < -0.3 is 19.5 Å². The lowest BCUT2D eigenvalue weighted by atomic mass is 10.1. The summed E-state index contributed by atoms with van der Waals surface area (Å²) in [5.41, 5.74) is 1.64. The van der Waals surface area contributed by atoms with Gasteiger partial charge in [0, 0.05) is 26.2 Å². The zero-order chi connectivity index (χ0) is 20.8. The lowest BCUT2D eigenvalue weighted by molar-refractivity contribution is -0.115. The van der Waals surface area contributed by atoms with E-state index in [1.54, 1.807) is 18.3 Å². The monoisotopic (exact) mass is 404 g/mol. The number of pyridine rings is 1. The zero-order valence-electron chi connectivity index (χ0n) is 16.7. The maximum absolute atomic E-state index is 12.5. The Labute approximate surface area is 175 Å². The smallest absolute Gasteiger partial charge is 0.289 e. The summed E-state index contributed by atoms with van der Waals surface area (Å²) in [6, 6.07) is 16.8. The fraction of sp³-hybridized carbons (Fsp3) is 0.261. The molecule has 1 aliphatic rings. The van der Waals surface area contributed by atoms with Gasteiger partial charge >= 0.3 is 0 Å². The Morgan fingerprint density at radius 3 is 2.57 bits per heavy atom. The molecule has 2 amide bonds. The molecule has 0 bridgehead atoms. The van der Waals surface area contributed by atoms with Crippen LogP contribution in [0, 0.1) is 0 Å². The number of furan rings is 1. The van der Waals surface area contributed by atoms with Crippen LogP contribution in [0.15, 0.2) is 71.5 Å². The van der Waals surface area contributed by atoms with E-state index in [9.17, 15) is 9.59 Å². The van der Waals surface area contributed by atoms with E-state index < -0.39 is 0 Å². The van der Waals surface area contributed by atoms with Gasteiger partial charge in [-0.3, -0.25) is 9.59 Å². The number of carbonyl (C=O) groups is 2. The first-order chi connectivity index (χ1) is 14.7. The number of benzene rings is 1. The Bertz CT molecular complexity index is 971. The first-order valence-corrected chi connectivity index (χ1v) is 10.1. The van der Waals surface area contributed by atoms with Gasteiger partial charge in [0.15, 0.2) is 5.76 Å². The van der Waals surface area contributed by atoms with Crippen molar-refractivity contribution in [2.45, 2.75) is 12.8 Å². The van der Waals surface area contributed by atoms with Crippen molar-refractivity contribution in [2.75, 3.05) is 36.4 Å². The third-order valence-corrected chi connectivity index (χ3v) is 5.08. The van der Waals surface area contributed by atoms with Crippen LogP contribution >= 0.6 is 0 Å². The van der Waals surface area contributed by atoms with Crippen molar-refractivity contribution in [2.24, 2.45) is 0 Å². The molecule has 4 rings (SSSR count). The maximum atomic E-state index is 12.5. The Hall–Kier alpha value is -3.61. The van der Waals surface area contributed by atoms with Crippen LogP contribution < -0.4 is 10.2 Å². The highest BCUT2D eigenvalue weighted by Gasteiger charge is 2.22. The molecule has 1 aliphatic heterocycles. The van der Waals surface area contributed by atoms with Crippen LogP contribution in [0.3, 0.4) is 0 Å². The molecule has 0 saturated carbocycles. The van der Waals surface area contributed by atoms with Crippen molar-refractivity contribution < 1.29 is 14.0 Å². The summed E-state index contributed by atoms with van der Waals surface area (Å²) in [7, 11) is 0. The van der Waals surface area contributed by atoms with Crippen molar-refractivity contribution in [3.8, 4) is 0 Å². The summed E-state index contributed by atoms with van der Waals surface area (Å²) in [5.74, 6) is 1.06. The van der Waals surface area contributed by atoms with Gasteiger partial charge in [-0.1, -0.05) is 30.3 Å². The standard InChI is InChI=1S/C23H24N4O3/c28-22(16-18-6-2-1-3-7-18)25-19-9-10-21(24-17-19)26-11-5-12-27(14-13-26)23(29)20-8-4-15-30-20/h1-4,6-10,15,17H,5,11-14,16H2,(H,25,28). The lowest BCUT2D eigenvalue weighted by Crippen LogP contribution is -2.35. The van der Waals surface area contributed by atoms with E-state index >= 15 is 0 Å². The molecular weight excluding hydrogens is 380 g/mol. The number of amides is 2. The van der Waals surface area contributed by atoms with Crippen LogP contribution in [0.2, 0.25) is 0 Å². The summed E-state index contributed by atoms with van der Waals surface area (Å²) in [6.45, 7) is 2.80. The summed E-state index contributed by atoms with van der Waals surface area (Å²) in [5, 5.41) is 2.89. The molecule has 0 spiro atoms. The minimum Gasteiger partial charge on any atom is -0.459 e. The molecule has 7 heteroatoms. The van der Waals surface area contributed by atoms with Crippen molar-refractivity contribution in [1.29, 1.82) is 0 Å². The molecule has 0 radical (unpaired) electrons. The first-order valence-electron chi connectivity index (χ1n) is 10.1. The molecule has 30 heavy (non-hydrogen) atoms. The topological polar surface area (TPSA) is 78.7 Å². The fourth-order valence-corrected chi connectivity index (χ4v) is 3.54. The Kier molecular flexibility index (Phi) is 6.08. The average Bonchev–Trinajstić information content (AvgIpc) is 3.19. The van der Waals surface area contributed by atoms with Gasteiger partial charge in [0.1, 0.15) is 5.82 Å². The molecule has 1 aromatic carbocycles. The Morgan fingerprint density at radius 2 is 1.83 bits per heavy atom. The third kappa shape index (κ3) is 4.86. The molecule has 0 aliphatic carbocycles. The predicted molar refractivity (Wildman–Crippen MR) is 114 cm³/mol. The number of anilines is 2. The number of hydrogen-bond acceptors (Lipinski definition) is 5. The molecule has 154 valence electrons. The Balaban J connectivity index is 1.32. The summed E-state index contributed by atoms with van der Waals surface area (Å²) >= 11 is 0. The van der Waals surface area contributed by atoms with Gasteiger partial charge in [-0.2, -0.15) is 0 Å². The third-order valence-electron chi connectivity index (χ3n) is 5.08. The van der Waals surface area contributed by atoms with Gasteiger partial charge in [-0.15, -0.1) is 0 Å². The second-order valence-corrected chi connectivity index (χ2v) is 7.23. The quantitative estimate of drug-likeness (QED) is 0.707. The first kappa shape index (κ1) is 19.7. The lowest BCUT2D eigenvalue weighted by Gasteiger charge is -2.22. The predicted octanol–water partition coefficient (Wildman–Crippen LogP) is 3.21. The van der Waals surface area contributed by atoms with Gasteiger partial charge in [0.2, 0.25) is 5.91 Å². The number of carbonyl (C=O) groups excluding carboxylic acids is 2. The molecule has 0 unspecified atom stereocenters. The molecule has 0 atom stereocenters. The maximum Gasteiger partial charge on any atom is 0.289 e. The molecule has 3 aromatic rings. The number of aromatic nitrogens is 1. The highest BCUT2D eigenvalue weighted by Crippen LogP contribution is 2.18. The van der Waals surface area contributed by atoms with E-state index in [2.05, 4.69) is 15.2 Å². The minimum absolute atomic E-state index is 0.0717. The molecule has 3 heterocycles. The van der Waals surface area contributed by atoms with E-state index in [1.807, 2.05) is 47.4 Å². The van der Waals surface area contributed by atoms with E-state index in [0.29, 0.717) is 37.5 Å². The van der Waals surface area contributed by atoms with Gasteiger partial charge in [-0.05, 0) is 36.2 Å². The van der Waals surface area contributed by atoms with Crippen molar-refractivity contribution in [3.63, 3.8) is 0 Å². The molecule has 1 N–H and O–H groups in total. The number of rotatable bonds is 5. The molecule has 1 saturated heterocycles. The molecule has 2 aromatic heterocycles. The number of nitrogens with zero attached hydrogens (tertiary/aromatic N) is 3. The van der Waals surface area contributed by atoms with Crippen molar-refractivity contribution in [1.82, 2.24) is 9.88 Å². The largest absolute Gasteiger partial charge is 0.459 e. The van der Waals surface area contributed by atoms with Gasteiger partial charge in [-0.25, -0.2) is 4.98 Å². The second kappa shape index (κ2) is 9.26. The highest BCUT2D eigenvalue weighted by molar-refractivity contribution is 5.92. The van der Waals surface area contributed by atoms with Crippen molar-refractivity contribution >= 4 is 23.3 Å². The second-order valence-electron chi connectivity index (χ2n) is 7.23. The van der Waals surface area contributed by atoms with Gasteiger partial charge in [0.05, 0.1) is 24.6 Å². The normalized spacial score (nSPS) is 14.3. The SMILES string of the molecule is O=C(Cc1ccccc1)Nc1ccc(N2CCCN(C(=O)c3ccco3)CC2)nc1. The van der Waals surface area contributed by atoms with Crippen LogP contribution in [0.1, 0.15) is 22.5 Å². The van der Waals surface area contributed by atoms with E-state index in [0.717, 1.165) is 24.3 Å². The molecular formula is C23H24N4O3. The fourth-order valence-electron chi connectivity index (χ4n) is 3.54. The van der Waals surface area contributed by atoms with E-state index in [4.69, 9.17) is 4.42 Å². The van der Waals surface area contributed by atoms with E-state index in [-0.39, 0.29) is 11.8 Å². The average molecular weight is 404 g/mol. The van der Waals surface area contributed by atoms with Crippen LogP contribution in [0.4, 0.5) is 11.5 Å². The van der Waals surface area contributed by atoms with Crippen LogP contribution in [0.25, 0.3) is 0 Å². The van der Waals surface area contributed by atoms with Crippen molar-refractivity contribution in [3.05, 3.63) is 78.4 Å². The van der Waals surface area contributed by atoms with Crippen LogP contribution in [-0.4, -0.2) is 47.9 Å². The number of nitrogens with one attached hydrogen (secondary N) is 1. The zero-order valence-corrected chi connectivity index (χ0v) is 16.7. The number of hydrogen-bond donors (Lipinski definition) is 1. The van der Waals surface area contributed by atoms with Crippen LogP contribution in [-0.2, 0) is 11.2 Å². The molecule has 1 fully saturated rings. The summed E-state index contributed by atoms with van der Waals surface area (Å²) in [6.07, 6.45) is 4.37. The Morgan fingerprint density at radius 1 is 0.967 bits per heavy atom. The van der Waals surface area contributed by atoms with E-state index in [1.165, 1.54) is 6.26 Å².